The first-order valence-corrected chi connectivity index (χ1v) is 8.20. The Morgan fingerprint density at radius 3 is 2.21 bits per heavy atom. The van der Waals surface area contributed by atoms with E-state index in [2.05, 4.69) is 15.3 Å². The number of thioether (sulfide) groups is 1. The molecule has 3 aromatic rings. The van der Waals surface area contributed by atoms with Gasteiger partial charge in [0.05, 0.1) is 5.69 Å². The summed E-state index contributed by atoms with van der Waals surface area (Å²) >= 11 is 1.24. The van der Waals surface area contributed by atoms with E-state index in [1.807, 2.05) is 0 Å². The molecular formula is C17H12F3N3S. The number of nitrogens with one attached hydrogen (secondary N) is 1. The van der Waals surface area contributed by atoms with Crippen LogP contribution in [-0.2, 0) is 0 Å². The van der Waals surface area contributed by atoms with Crippen molar-refractivity contribution in [3.63, 3.8) is 0 Å². The minimum absolute atomic E-state index is 0.177. The molecule has 0 unspecified atom stereocenters. The molecule has 1 heterocycles. The standard InChI is InChI=1S/C17H12F3N3S/c1-24-17-21-14(10-5-2-3-6-11(10)18)9-15(23-17)22-16-12(19)7-4-8-13(16)20/h2-9H,1H3,(H,21,22,23). The maximum absolute atomic E-state index is 14.0. The van der Waals surface area contributed by atoms with Gasteiger partial charge in [0.2, 0.25) is 0 Å². The fourth-order valence-corrected chi connectivity index (χ4v) is 2.51. The molecule has 0 bridgehead atoms. The number of nitrogens with zero attached hydrogens (tertiary/aromatic N) is 2. The highest BCUT2D eigenvalue weighted by atomic mass is 32.2. The lowest BCUT2D eigenvalue weighted by atomic mass is 10.1. The molecule has 0 aliphatic carbocycles. The average molecular weight is 347 g/mol. The summed E-state index contributed by atoms with van der Waals surface area (Å²) in [4.78, 5) is 8.42. The zero-order valence-electron chi connectivity index (χ0n) is 12.6. The minimum atomic E-state index is -0.744. The van der Waals surface area contributed by atoms with Crippen LogP contribution in [0.1, 0.15) is 0 Å². The van der Waals surface area contributed by atoms with Crippen LogP contribution in [0.3, 0.4) is 0 Å². The molecule has 0 radical (unpaired) electrons. The molecule has 122 valence electrons. The number of rotatable bonds is 4. The topological polar surface area (TPSA) is 37.8 Å². The molecule has 1 aromatic heterocycles. The number of benzene rings is 2. The van der Waals surface area contributed by atoms with Gasteiger partial charge in [-0.25, -0.2) is 23.1 Å². The first-order chi connectivity index (χ1) is 11.6. The number of aromatic nitrogens is 2. The molecule has 0 aliphatic rings. The van der Waals surface area contributed by atoms with Gasteiger partial charge in [-0.15, -0.1) is 0 Å². The Kier molecular flexibility index (Phi) is 4.71. The van der Waals surface area contributed by atoms with Crippen molar-refractivity contribution in [3.8, 4) is 11.3 Å². The second-order valence-electron chi connectivity index (χ2n) is 4.83. The lowest BCUT2D eigenvalue weighted by Crippen LogP contribution is -2.02. The van der Waals surface area contributed by atoms with Gasteiger partial charge in [0.25, 0.3) is 0 Å². The van der Waals surface area contributed by atoms with Gasteiger partial charge >= 0.3 is 0 Å². The van der Waals surface area contributed by atoms with Gasteiger partial charge in [-0.2, -0.15) is 0 Å². The molecule has 0 saturated heterocycles. The first-order valence-electron chi connectivity index (χ1n) is 6.97. The van der Waals surface area contributed by atoms with E-state index in [4.69, 9.17) is 0 Å². The molecule has 3 rings (SSSR count). The Balaban J connectivity index is 2.06. The molecule has 3 nitrogen and oxygen atoms in total. The molecule has 0 amide bonds. The van der Waals surface area contributed by atoms with E-state index in [0.717, 1.165) is 12.1 Å². The quantitative estimate of drug-likeness (QED) is 0.531. The van der Waals surface area contributed by atoms with E-state index >= 15 is 0 Å². The van der Waals surface area contributed by atoms with Crippen molar-refractivity contribution in [1.82, 2.24) is 9.97 Å². The van der Waals surface area contributed by atoms with Gasteiger partial charge < -0.3 is 5.32 Å². The predicted molar refractivity (Wildman–Crippen MR) is 88.8 cm³/mol. The van der Waals surface area contributed by atoms with Crippen molar-refractivity contribution >= 4 is 23.3 Å². The van der Waals surface area contributed by atoms with Crippen LogP contribution in [0.4, 0.5) is 24.7 Å². The second kappa shape index (κ2) is 6.92. The van der Waals surface area contributed by atoms with Crippen LogP contribution in [-0.4, -0.2) is 16.2 Å². The monoisotopic (exact) mass is 347 g/mol. The van der Waals surface area contributed by atoms with Gasteiger partial charge in [-0.3, -0.25) is 0 Å². The third-order valence-electron chi connectivity index (χ3n) is 3.25. The zero-order chi connectivity index (χ0) is 17.1. The Bertz CT molecular complexity index is 866. The van der Waals surface area contributed by atoms with Gasteiger partial charge in [0.15, 0.2) is 5.16 Å². The molecule has 24 heavy (non-hydrogen) atoms. The van der Waals surface area contributed by atoms with Gasteiger partial charge in [-0.1, -0.05) is 30.0 Å². The van der Waals surface area contributed by atoms with Crippen molar-refractivity contribution in [2.24, 2.45) is 0 Å². The number of halogens is 3. The lowest BCUT2D eigenvalue weighted by Gasteiger charge is -2.11. The van der Waals surface area contributed by atoms with E-state index < -0.39 is 17.5 Å². The maximum Gasteiger partial charge on any atom is 0.189 e. The summed E-state index contributed by atoms with van der Waals surface area (Å²) < 4.78 is 41.6. The van der Waals surface area contributed by atoms with Crippen molar-refractivity contribution in [3.05, 3.63) is 66.0 Å². The highest BCUT2D eigenvalue weighted by Crippen LogP contribution is 2.28. The van der Waals surface area contributed by atoms with Crippen LogP contribution in [0.15, 0.2) is 53.7 Å². The second-order valence-corrected chi connectivity index (χ2v) is 5.60. The summed E-state index contributed by atoms with van der Waals surface area (Å²) in [6.07, 6.45) is 1.76. The van der Waals surface area contributed by atoms with Crippen LogP contribution in [0.5, 0.6) is 0 Å². The summed E-state index contributed by atoms with van der Waals surface area (Å²) in [6.45, 7) is 0. The molecule has 2 aromatic carbocycles. The fraction of sp³-hybridized carbons (Fsp3) is 0.0588. The molecule has 0 atom stereocenters. The minimum Gasteiger partial charge on any atom is -0.335 e. The molecule has 7 heteroatoms. The van der Waals surface area contributed by atoms with Crippen LogP contribution < -0.4 is 5.32 Å². The largest absolute Gasteiger partial charge is 0.335 e. The fourth-order valence-electron chi connectivity index (χ4n) is 2.13. The van der Waals surface area contributed by atoms with Crippen LogP contribution in [0.25, 0.3) is 11.3 Å². The Morgan fingerprint density at radius 2 is 1.54 bits per heavy atom. The normalized spacial score (nSPS) is 10.7. The molecule has 1 N–H and O–H groups in total. The lowest BCUT2D eigenvalue weighted by molar-refractivity contribution is 0.590. The molecule has 0 fully saturated rings. The van der Waals surface area contributed by atoms with Crippen molar-refractivity contribution in [2.45, 2.75) is 5.16 Å². The summed E-state index contributed by atoms with van der Waals surface area (Å²) in [5, 5.41) is 2.96. The van der Waals surface area contributed by atoms with Crippen LogP contribution >= 0.6 is 11.8 Å². The smallest absolute Gasteiger partial charge is 0.189 e. The highest BCUT2D eigenvalue weighted by molar-refractivity contribution is 7.98. The van der Waals surface area contributed by atoms with Gasteiger partial charge in [0.1, 0.15) is 29.0 Å². The summed E-state index contributed by atoms with van der Waals surface area (Å²) in [7, 11) is 0. The van der Waals surface area contributed by atoms with E-state index in [0.29, 0.717) is 10.9 Å². The number of hydrogen-bond acceptors (Lipinski definition) is 4. The van der Waals surface area contributed by atoms with E-state index in [1.54, 1.807) is 24.5 Å². The molecule has 0 saturated carbocycles. The van der Waals surface area contributed by atoms with E-state index in [-0.39, 0.29) is 17.1 Å². The van der Waals surface area contributed by atoms with E-state index in [9.17, 15) is 13.2 Å². The predicted octanol–water partition coefficient (Wildman–Crippen LogP) is 5.03. The maximum atomic E-state index is 14.0. The van der Waals surface area contributed by atoms with Gasteiger partial charge in [-0.05, 0) is 30.5 Å². The number of anilines is 2. The van der Waals surface area contributed by atoms with Crippen molar-refractivity contribution < 1.29 is 13.2 Å². The Labute approximate surface area is 141 Å². The number of hydrogen-bond donors (Lipinski definition) is 1. The summed E-state index contributed by atoms with van der Waals surface area (Å²) in [5.74, 6) is -1.75. The summed E-state index contributed by atoms with van der Waals surface area (Å²) in [5.41, 5.74) is 0.293. The average Bonchev–Trinajstić information content (AvgIpc) is 2.58. The number of para-hydroxylation sites is 1. The van der Waals surface area contributed by atoms with Crippen molar-refractivity contribution in [2.75, 3.05) is 11.6 Å². The van der Waals surface area contributed by atoms with Crippen LogP contribution in [0.2, 0.25) is 0 Å². The Morgan fingerprint density at radius 1 is 0.875 bits per heavy atom. The first kappa shape index (κ1) is 16.3. The van der Waals surface area contributed by atoms with Gasteiger partial charge in [0, 0.05) is 11.6 Å². The van der Waals surface area contributed by atoms with E-state index in [1.165, 1.54) is 30.0 Å². The molecule has 0 spiro atoms. The molecule has 0 aliphatic heterocycles. The third-order valence-corrected chi connectivity index (χ3v) is 3.80. The van der Waals surface area contributed by atoms with Crippen LogP contribution in [0, 0.1) is 17.5 Å². The summed E-state index contributed by atoms with van der Waals surface area (Å²) in [6, 6.07) is 11.2. The SMILES string of the molecule is CSc1nc(Nc2c(F)cccc2F)cc(-c2ccccc2F)n1. The highest BCUT2D eigenvalue weighted by Gasteiger charge is 2.13. The third kappa shape index (κ3) is 3.35. The Hall–Kier alpha value is -2.54. The zero-order valence-corrected chi connectivity index (χ0v) is 13.4. The molecular weight excluding hydrogens is 335 g/mol. The van der Waals surface area contributed by atoms with Crippen molar-refractivity contribution in [1.29, 1.82) is 0 Å².